The van der Waals surface area contributed by atoms with E-state index in [9.17, 15) is 9.18 Å². The molecule has 0 radical (unpaired) electrons. The number of rotatable bonds is 1. The standard InChI is InChI=1S/C9H10FNO2/c1-5-3-7(11-6(2)12)4-8(10)9(5)13/h3-4,13H,1-2H3,(H,11,12). The molecule has 0 fully saturated rings. The van der Waals surface area contributed by atoms with Crippen LogP contribution < -0.4 is 5.32 Å². The molecular formula is C9H10FNO2. The molecule has 0 spiro atoms. The minimum absolute atomic E-state index is 0.274. The van der Waals surface area contributed by atoms with Crippen molar-refractivity contribution in [3.8, 4) is 5.75 Å². The second-order valence-electron chi connectivity index (χ2n) is 2.80. The highest BCUT2D eigenvalue weighted by Gasteiger charge is 2.06. The number of benzene rings is 1. The van der Waals surface area contributed by atoms with E-state index in [2.05, 4.69) is 5.32 Å². The van der Waals surface area contributed by atoms with E-state index in [1.54, 1.807) is 6.92 Å². The molecule has 0 aliphatic carbocycles. The summed E-state index contributed by atoms with van der Waals surface area (Å²) in [6, 6.07) is 2.57. The molecule has 0 aliphatic rings. The van der Waals surface area contributed by atoms with Gasteiger partial charge in [-0.2, -0.15) is 0 Å². The number of carbonyl (C=O) groups is 1. The fourth-order valence-corrected chi connectivity index (χ4v) is 1.01. The Balaban J connectivity index is 3.06. The van der Waals surface area contributed by atoms with Crippen molar-refractivity contribution in [1.29, 1.82) is 0 Å². The molecule has 0 aromatic heterocycles. The van der Waals surface area contributed by atoms with Gasteiger partial charge >= 0.3 is 0 Å². The number of hydrogen-bond acceptors (Lipinski definition) is 2. The first-order valence-corrected chi connectivity index (χ1v) is 3.77. The Labute approximate surface area is 75.2 Å². The van der Waals surface area contributed by atoms with E-state index in [4.69, 9.17) is 5.11 Å². The van der Waals surface area contributed by atoms with E-state index in [0.717, 1.165) is 6.07 Å². The molecule has 1 aromatic carbocycles. The molecule has 0 aliphatic heterocycles. The maximum absolute atomic E-state index is 12.9. The topological polar surface area (TPSA) is 49.3 Å². The molecular weight excluding hydrogens is 173 g/mol. The number of halogens is 1. The molecule has 2 N–H and O–H groups in total. The monoisotopic (exact) mass is 183 g/mol. The van der Waals surface area contributed by atoms with Crippen LogP contribution in [0.5, 0.6) is 5.75 Å². The number of aryl methyl sites for hydroxylation is 1. The summed E-state index contributed by atoms with van der Waals surface area (Å²) in [6.07, 6.45) is 0. The van der Waals surface area contributed by atoms with Crippen LogP contribution in [-0.2, 0) is 4.79 Å². The van der Waals surface area contributed by atoms with Crippen LogP contribution in [-0.4, -0.2) is 11.0 Å². The maximum Gasteiger partial charge on any atom is 0.221 e. The Hall–Kier alpha value is -1.58. The van der Waals surface area contributed by atoms with Gasteiger partial charge in [0.2, 0.25) is 5.91 Å². The number of aromatic hydroxyl groups is 1. The van der Waals surface area contributed by atoms with E-state index in [0.29, 0.717) is 11.3 Å². The van der Waals surface area contributed by atoms with Crippen molar-refractivity contribution in [2.75, 3.05) is 5.32 Å². The predicted octanol–water partition coefficient (Wildman–Crippen LogP) is 1.80. The quantitative estimate of drug-likeness (QED) is 0.652. The highest BCUT2D eigenvalue weighted by molar-refractivity contribution is 5.88. The zero-order chi connectivity index (χ0) is 10.0. The molecule has 0 heterocycles. The van der Waals surface area contributed by atoms with E-state index >= 15 is 0 Å². The molecule has 0 atom stereocenters. The SMILES string of the molecule is CC(=O)Nc1cc(C)c(O)c(F)c1. The Kier molecular flexibility index (Phi) is 2.51. The predicted molar refractivity (Wildman–Crippen MR) is 47.1 cm³/mol. The van der Waals surface area contributed by atoms with Crippen LogP contribution in [0, 0.1) is 12.7 Å². The van der Waals surface area contributed by atoms with E-state index < -0.39 is 5.82 Å². The van der Waals surface area contributed by atoms with Gasteiger partial charge in [0.25, 0.3) is 0 Å². The van der Waals surface area contributed by atoms with Crippen molar-refractivity contribution in [2.45, 2.75) is 13.8 Å². The summed E-state index contributed by atoms with van der Waals surface area (Å²) >= 11 is 0. The van der Waals surface area contributed by atoms with Gasteiger partial charge in [-0.1, -0.05) is 0 Å². The lowest BCUT2D eigenvalue weighted by molar-refractivity contribution is -0.114. The summed E-state index contributed by atoms with van der Waals surface area (Å²) in [7, 11) is 0. The van der Waals surface area contributed by atoms with Gasteiger partial charge in [0.05, 0.1) is 0 Å². The average Bonchev–Trinajstić information content (AvgIpc) is 1.98. The molecule has 13 heavy (non-hydrogen) atoms. The first-order valence-electron chi connectivity index (χ1n) is 3.77. The van der Waals surface area contributed by atoms with Crippen molar-refractivity contribution in [2.24, 2.45) is 0 Å². The number of phenols is 1. The molecule has 1 rings (SSSR count). The molecule has 0 saturated heterocycles. The fraction of sp³-hybridized carbons (Fsp3) is 0.222. The zero-order valence-corrected chi connectivity index (χ0v) is 7.39. The van der Waals surface area contributed by atoms with E-state index in [-0.39, 0.29) is 11.7 Å². The molecule has 0 saturated carbocycles. The molecule has 70 valence electrons. The third-order valence-electron chi connectivity index (χ3n) is 1.57. The molecule has 0 bridgehead atoms. The smallest absolute Gasteiger partial charge is 0.221 e. The normalized spacial score (nSPS) is 9.77. The van der Waals surface area contributed by atoms with Crippen molar-refractivity contribution in [3.05, 3.63) is 23.5 Å². The van der Waals surface area contributed by atoms with Crippen molar-refractivity contribution >= 4 is 11.6 Å². The van der Waals surface area contributed by atoms with Crippen LogP contribution in [0.2, 0.25) is 0 Å². The summed E-state index contributed by atoms with van der Waals surface area (Å²) in [5, 5.41) is 11.5. The number of nitrogens with one attached hydrogen (secondary N) is 1. The second-order valence-corrected chi connectivity index (χ2v) is 2.80. The lowest BCUT2D eigenvalue weighted by Gasteiger charge is -2.05. The Bertz CT molecular complexity index is 326. The summed E-state index contributed by atoms with van der Waals surface area (Å²) < 4.78 is 12.9. The van der Waals surface area contributed by atoms with Gasteiger partial charge in [-0.15, -0.1) is 0 Å². The third kappa shape index (κ3) is 2.18. The Morgan fingerprint density at radius 3 is 2.62 bits per heavy atom. The number of anilines is 1. The van der Waals surface area contributed by atoms with Crippen molar-refractivity contribution in [3.63, 3.8) is 0 Å². The summed E-state index contributed by atoms with van der Waals surface area (Å²) in [5.74, 6) is -1.39. The summed E-state index contributed by atoms with van der Waals surface area (Å²) in [4.78, 5) is 10.6. The zero-order valence-electron chi connectivity index (χ0n) is 7.39. The van der Waals surface area contributed by atoms with Gasteiger partial charge in [-0.25, -0.2) is 4.39 Å². The van der Waals surface area contributed by atoms with Gasteiger partial charge in [0.15, 0.2) is 11.6 Å². The van der Waals surface area contributed by atoms with Gasteiger partial charge in [0.1, 0.15) is 0 Å². The van der Waals surface area contributed by atoms with Crippen LogP contribution >= 0.6 is 0 Å². The lowest BCUT2D eigenvalue weighted by atomic mass is 10.2. The van der Waals surface area contributed by atoms with Gasteiger partial charge in [0, 0.05) is 18.7 Å². The molecule has 0 unspecified atom stereocenters. The molecule has 3 nitrogen and oxygen atoms in total. The molecule has 1 aromatic rings. The number of carbonyl (C=O) groups excluding carboxylic acids is 1. The first-order chi connectivity index (χ1) is 6.00. The lowest BCUT2D eigenvalue weighted by Crippen LogP contribution is -2.06. The van der Waals surface area contributed by atoms with Gasteiger partial charge in [-0.05, 0) is 18.6 Å². The van der Waals surface area contributed by atoms with Crippen LogP contribution in [0.25, 0.3) is 0 Å². The van der Waals surface area contributed by atoms with Gasteiger partial charge < -0.3 is 10.4 Å². The first kappa shape index (κ1) is 9.51. The van der Waals surface area contributed by atoms with Crippen molar-refractivity contribution < 1.29 is 14.3 Å². The van der Waals surface area contributed by atoms with Crippen LogP contribution in [0.1, 0.15) is 12.5 Å². The van der Waals surface area contributed by atoms with E-state index in [1.165, 1.54) is 13.0 Å². The highest BCUT2D eigenvalue weighted by Crippen LogP contribution is 2.24. The van der Waals surface area contributed by atoms with Crippen LogP contribution in [0.15, 0.2) is 12.1 Å². The molecule has 4 heteroatoms. The summed E-state index contributed by atoms with van der Waals surface area (Å²) in [5.41, 5.74) is 0.740. The third-order valence-corrected chi connectivity index (χ3v) is 1.57. The fourth-order valence-electron chi connectivity index (χ4n) is 1.01. The van der Waals surface area contributed by atoms with Gasteiger partial charge in [-0.3, -0.25) is 4.79 Å². The highest BCUT2D eigenvalue weighted by atomic mass is 19.1. The van der Waals surface area contributed by atoms with Crippen LogP contribution in [0.4, 0.5) is 10.1 Å². The average molecular weight is 183 g/mol. The Morgan fingerprint density at radius 2 is 2.15 bits per heavy atom. The second kappa shape index (κ2) is 3.43. The number of hydrogen-bond donors (Lipinski definition) is 2. The van der Waals surface area contributed by atoms with E-state index in [1.807, 2.05) is 0 Å². The number of amides is 1. The van der Waals surface area contributed by atoms with Crippen LogP contribution in [0.3, 0.4) is 0 Å². The van der Waals surface area contributed by atoms with Crippen molar-refractivity contribution in [1.82, 2.24) is 0 Å². The molecule has 1 amide bonds. The maximum atomic E-state index is 12.9. The number of phenolic OH excluding ortho intramolecular Hbond substituents is 1. The largest absolute Gasteiger partial charge is 0.505 e. The minimum Gasteiger partial charge on any atom is -0.505 e. The minimum atomic E-state index is -0.733. The Morgan fingerprint density at radius 1 is 1.54 bits per heavy atom. The summed E-state index contributed by atoms with van der Waals surface area (Å²) in [6.45, 7) is 2.89.